The van der Waals surface area contributed by atoms with Crippen molar-refractivity contribution in [2.24, 2.45) is 0 Å². The third-order valence-corrected chi connectivity index (χ3v) is 5.89. The smallest absolute Gasteiger partial charge is 0.407 e. The van der Waals surface area contributed by atoms with Crippen LogP contribution in [0.25, 0.3) is 10.4 Å². The Morgan fingerprint density at radius 3 is 2.78 bits per heavy atom. The van der Waals surface area contributed by atoms with E-state index >= 15 is 0 Å². The zero-order chi connectivity index (χ0) is 19.4. The Morgan fingerprint density at radius 2 is 2.11 bits per heavy atom. The largest absolute Gasteiger partial charge is 0.447 e. The van der Waals surface area contributed by atoms with Gasteiger partial charge in [0.05, 0.1) is 27.6 Å². The molecule has 0 spiro atoms. The van der Waals surface area contributed by atoms with Crippen LogP contribution in [-0.2, 0) is 4.74 Å². The first-order valence-corrected chi connectivity index (χ1v) is 10.0. The molecule has 0 bridgehead atoms. The standard InChI is InChI=1S/C20H24N4O2S/c1-12(2)26-20(25)24-16-6-3-13(4-7-16)19-23-11-18(27-19)17-8-5-15(22)9-14(17)10-21/h5,8-9,11-13,16H,3-4,6-7,22H2,1-2H3,(H,24,25)/t13-,16-. The fraction of sp³-hybridized carbons (Fsp3) is 0.450. The lowest BCUT2D eigenvalue weighted by molar-refractivity contribution is 0.109. The van der Waals surface area contributed by atoms with Crippen LogP contribution < -0.4 is 11.1 Å². The van der Waals surface area contributed by atoms with Gasteiger partial charge in [0.1, 0.15) is 0 Å². The zero-order valence-corrected chi connectivity index (χ0v) is 16.4. The van der Waals surface area contributed by atoms with Gasteiger partial charge in [0.15, 0.2) is 0 Å². The number of nitrogen functional groups attached to an aromatic ring is 1. The maximum Gasteiger partial charge on any atom is 0.407 e. The lowest BCUT2D eigenvalue weighted by Gasteiger charge is -2.28. The van der Waals surface area contributed by atoms with Crippen LogP contribution in [0.3, 0.4) is 0 Å². The molecule has 142 valence electrons. The van der Waals surface area contributed by atoms with E-state index in [-0.39, 0.29) is 18.2 Å². The van der Waals surface area contributed by atoms with Gasteiger partial charge in [-0.05, 0) is 51.7 Å². The molecule has 0 unspecified atom stereocenters. The van der Waals surface area contributed by atoms with Gasteiger partial charge in [0.25, 0.3) is 0 Å². The number of nitrogens with one attached hydrogen (secondary N) is 1. The van der Waals surface area contributed by atoms with Crippen LogP contribution in [0.4, 0.5) is 10.5 Å². The van der Waals surface area contributed by atoms with Crippen molar-refractivity contribution in [3.05, 3.63) is 35.0 Å². The number of hydrogen-bond acceptors (Lipinski definition) is 6. The topological polar surface area (TPSA) is 101 Å². The average molecular weight is 385 g/mol. The summed E-state index contributed by atoms with van der Waals surface area (Å²) in [5.74, 6) is 0.391. The molecule has 0 aliphatic heterocycles. The molecule has 27 heavy (non-hydrogen) atoms. The maximum absolute atomic E-state index is 11.7. The normalized spacial score (nSPS) is 19.5. The summed E-state index contributed by atoms with van der Waals surface area (Å²) in [6.07, 6.45) is 5.19. The molecule has 3 rings (SSSR count). The fourth-order valence-corrected chi connectivity index (χ4v) is 4.50. The minimum Gasteiger partial charge on any atom is -0.447 e. The molecule has 1 aliphatic rings. The third-order valence-electron chi connectivity index (χ3n) is 4.69. The number of rotatable bonds is 4. The number of carbonyl (C=O) groups excluding carboxylic acids is 1. The number of hydrogen-bond donors (Lipinski definition) is 2. The van der Waals surface area contributed by atoms with Crippen LogP contribution >= 0.6 is 11.3 Å². The van der Waals surface area contributed by atoms with Crippen LogP contribution in [0.15, 0.2) is 24.4 Å². The first-order valence-electron chi connectivity index (χ1n) is 9.19. The summed E-state index contributed by atoms with van der Waals surface area (Å²) in [7, 11) is 0. The number of nitriles is 1. The molecule has 2 aromatic rings. The molecule has 1 aromatic carbocycles. The number of benzene rings is 1. The van der Waals surface area contributed by atoms with E-state index in [1.165, 1.54) is 0 Å². The summed E-state index contributed by atoms with van der Waals surface area (Å²) in [4.78, 5) is 17.3. The van der Waals surface area contributed by atoms with Crippen LogP contribution in [0, 0.1) is 11.3 Å². The van der Waals surface area contributed by atoms with Gasteiger partial charge in [-0.2, -0.15) is 5.26 Å². The van der Waals surface area contributed by atoms with Gasteiger partial charge in [-0.25, -0.2) is 9.78 Å². The molecule has 1 aromatic heterocycles. The molecule has 7 heteroatoms. The van der Waals surface area contributed by atoms with Crippen molar-refractivity contribution in [1.29, 1.82) is 5.26 Å². The molecule has 0 radical (unpaired) electrons. The summed E-state index contributed by atoms with van der Waals surface area (Å²) in [6.45, 7) is 3.69. The molecule has 3 N–H and O–H groups in total. The van der Waals surface area contributed by atoms with Crippen LogP contribution in [0.1, 0.15) is 56.0 Å². The SMILES string of the molecule is CC(C)OC(=O)N[C@H]1CC[C@H](c2ncc(-c3ccc(N)cc3C#N)s2)CC1. The van der Waals surface area contributed by atoms with Gasteiger partial charge >= 0.3 is 6.09 Å². The molecule has 6 nitrogen and oxygen atoms in total. The zero-order valence-electron chi connectivity index (χ0n) is 15.6. The third kappa shape index (κ3) is 4.77. The molecule has 1 heterocycles. The average Bonchev–Trinajstić information content (AvgIpc) is 3.11. The van der Waals surface area contributed by atoms with Gasteiger partial charge in [-0.15, -0.1) is 11.3 Å². The number of ether oxygens (including phenoxy) is 1. The highest BCUT2D eigenvalue weighted by Gasteiger charge is 2.26. The van der Waals surface area contributed by atoms with Crippen LogP contribution in [0.2, 0.25) is 0 Å². The monoisotopic (exact) mass is 384 g/mol. The molecule has 1 amide bonds. The summed E-state index contributed by atoms with van der Waals surface area (Å²) in [6, 6.07) is 7.75. The number of aromatic nitrogens is 1. The number of nitrogens with zero attached hydrogens (tertiary/aromatic N) is 2. The van der Waals surface area contributed by atoms with Crippen molar-refractivity contribution in [2.45, 2.75) is 57.6 Å². The molecule has 1 aliphatic carbocycles. The Kier molecular flexibility index (Phi) is 5.97. The quantitative estimate of drug-likeness (QED) is 0.760. The van der Waals surface area contributed by atoms with E-state index in [0.717, 1.165) is 41.1 Å². The lowest BCUT2D eigenvalue weighted by Crippen LogP contribution is -2.38. The molecule has 0 saturated heterocycles. The number of nitrogens with two attached hydrogens (primary N) is 1. The Balaban J connectivity index is 1.62. The lowest BCUT2D eigenvalue weighted by atomic mass is 9.86. The van der Waals surface area contributed by atoms with E-state index in [9.17, 15) is 10.1 Å². The second kappa shape index (κ2) is 8.40. The van der Waals surface area contributed by atoms with E-state index < -0.39 is 0 Å². The summed E-state index contributed by atoms with van der Waals surface area (Å²) >= 11 is 1.64. The van der Waals surface area contributed by atoms with Crippen molar-refractivity contribution in [1.82, 2.24) is 10.3 Å². The molecule has 0 atom stereocenters. The van der Waals surface area contributed by atoms with E-state index in [2.05, 4.69) is 16.4 Å². The highest BCUT2D eigenvalue weighted by Crippen LogP contribution is 2.38. The minimum absolute atomic E-state index is 0.110. The highest BCUT2D eigenvalue weighted by molar-refractivity contribution is 7.15. The number of anilines is 1. The van der Waals surface area contributed by atoms with Crippen molar-refractivity contribution < 1.29 is 9.53 Å². The Bertz CT molecular complexity index is 848. The van der Waals surface area contributed by atoms with E-state index in [1.807, 2.05) is 32.2 Å². The van der Waals surface area contributed by atoms with Gasteiger partial charge in [0.2, 0.25) is 0 Å². The van der Waals surface area contributed by atoms with Gasteiger partial charge in [-0.3, -0.25) is 0 Å². The fourth-order valence-electron chi connectivity index (χ4n) is 3.37. The molecule has 1 fully saturated rings. The van der Waals surface area contributed by atoms with Crippen LogP contribution in [-0.4, -0.2) is 23.2 Å². The minimum atomic E-state index is -0.336. The number of amides is 1. The van der Waals surface area contributed by atoms with Crippen molar-refractivity contribution in [3.63, 3.8) is 0 Å². The molecular weight excluding hydrogens is 360 g/mol. The summed E-state index contributed by atoms with van der Waals surface area (Å²) in [5, 5.41) is 13.4. The Morgan fingerprint density at radius 1 is 1.37 bits per heavy atom. The number of thiazole rings is 1. The second-order valence-electron chi connectivity index (χ2n) is 7.13. The van der Waals surface area contributed by atoms with Gasteiger partial charge < -0.3 is 15.8 Å². The summed E-state index contributed by atoms with van der Waals surface area (Å²) < 4.78 is 5.15. The summed E-state index contributed by atoms with van der Waals surface area (Å²) in [5.41, 5.74) is 7.81. The first kappa shape index (κ1) is 19.2. The van der Waals surface area contributed by atoms with Crippen molar-refractivity contribution in [3.8, 4) is 16.5 Å². The molecule has 1 saturated carbocycles. The Hall–Kier alpha value is -2.59. The van der Waals surface area contributed by atoms with Crippen molar-refractivity contribution in [2.75, 3.05) is 5.73 Å². The Labute approximate surface area is 163 Å². The van der Waals surface area contributed by atoms with Crippen molar-refractivity contribution >= 4 is 23.1 Å². The number of carbonyl (C=O) groups is 1. The van der Waals surface area contributed by atoms with E-state index in [1.54, 1.807) is 17.4 Å². The highest BCUT2D eigenvalue weighted by atomic mass is 32.1. The first-order chi connectivity index (χ1) is 13.0. The van der Waals surface area contributed by atoms with E-state index in [4.69, 9.17) is 10.5 Å². The molecular formula is C20H24N4O2S. The predicted octanol–water partition coefficient (Wildman–Crippen LogP) is 4.42. The number of alkyl carbamates (subject to hydrolysis) is 1. The predicted molar refractivity (Wildman–Crippen MR) is 106 cm³/mol. The van der Waals surface area contributed by atoms with Gasteiger partial charge in [0, 0.05) is 29.4 Å². The van der Waals surface area contributed by atoms with Gasteiger partial charge in [-0.1, -0.05) is 6.07 Å². The van der Waals surface area contributed by atoms with Crippen LogP contribution in [0.5, 0.6) is 0 Å². The maximum atomic E-state index is 11.7. The second-order valence-corrected chi connectivity index (χ2v) is 8.19. The van der Waals surface area contributed by atoms with E-state index in [0.29, 0.717) is 17.2 Å².